The molecule has 5 heteroatoms. The molecule has 0 aliphatic carbocycles. The van der Waals surface area contributed by atoms with Crippen molar-refractivity contribution in [2.75, 3.05) is 0 Å². The van der Waals surface area contributed by atoms with E-state index < -0.39 is 10.1 Å². The fraction of sp³-hybridized carbons (Fsp3) is 0. The van der Waals surface area contributed by atoms with Crippen molar-refractivity contribution in [1.82, 2.24) is 4.98 Å². The number of aromatic nitrogens is 1. The number of hydrogen-bond acceptors (Lipinski definition) is 2. The van der Waals surface area contributed by atoms with Crippen LogP contribution >= 0.6 is 0 Å². The third-order valence-electron chi connectivity index (χ3n) is 2.06. The molecule has 0 atom stereocenters. The molecule has 0 bridgehead atoms. The standard InChI is InChI=1S/C10H9NO3S/c12-15(13,14)9-5-3-8(4-6-9)10-2-1-7-11-10/h1-7,11H,(H,12,13,14). The van der Waals surface area contributed by atoms with Gasteiger partial charge >= 0.3 is 0 Å². The Kier molecular flexibility index (Phi) is 2.34. The van der Waals surface area contributed by atoms with Crippen LogP contribution in [0.25, 0.3) is 11.3 Å². The molecule has 0 saturated heterocycles. The fourth-order valence-electron chi connectivity index (χ4n) is 1.32. The van der Waals surface area contributed by atoms with E-state index in [-0.39, 0.29) is 4.90 Å². The summed E-state index contributed by atoms with van der Waals surface area (Å²) >= 11 is 0. The van der Waals surface area contributed by atoms with Crippen molar-refractivity contribution in [3.8, 4) is 11.3 Å². The molecule has 1 aromatic heterocycles. The van der Waals surface area contributed by atoms with Crippen molar-refractivity contribution in [3.05, 3.63) is 42.6 Å². The van der Waals surface area contributed by atoms with Gasteiger partial charge in [-0.05, 0) is 29.8 Å². The Bertz CT molecular complexity index is 541. The van der Waals surface area contributed by atoms with E-state index in [0.717, 1.165) is 11.3 Å². The minimum atomic E-state index is -4.10. The SMILES string of the molecule is O=S(=O)(O)c1ccc(-c2ccc[nH]2)cc1. The summed E-state index contributed by atoms with van der Waals surface area (Å²) < 4.78 is 30.3. The number of aromatic amines is 1. The van der Waals surface area contributed by atoms with Crippen LogP contribution in [0.1, 0.15) is 0 Å². The third-order valence-corrected chi connectivity index (χ3v) is 2.93. The van der Waals surface area contributed by atoms with E-state index in [9.17, 15) is 8.42 Å². The lowest BCUT2D eigenvalue weighted by Gasteiger charge is -1.99. The summed E-state index contributed by atoms with van der Waals surface area (Å²) in [4.78, 5) is 2.90. The van der Waals surface area contributed by atoms with E-state index in [2.05, 4.69) is 4.98 Å². The Morgan fingerprint density at radius 3 is 2.20 bits per heavy atom. The lowest BCUT2D eigenvalue weighted by molar-refractivity contribution is 0.483. The summed E-state index contributed by atoms with van der Waals surface area (Å²) in [6, 6.07) is 9.73. The molecular weight excluding hydrogens is 214 g/mol. The third kappa shape index (κ3) is 2.08. The summed E-state index contributed by atoms with van der Waals surface area (Å²) in [6.07, 6.45) is 1.78. The minimum Gasteiger partial charge on any atom is -0.361 e. The number of H-pyrrole nitrogens is 1. The Hall–Kier alpha value is -1.59. The maximum atomic E-state index is 10.8. The average Bonchev–Trinajstić information content (AvgIpc) is 2.69. The van der Waals surface area contributed by atoms with E-state index >= 15 is 0 Å². The minimum absolute atomic E-state index is 0.0993. The van der Waals surface area contributed by atoms with Gasteiger partial charge in [-0.25, -0.2) is 0 Å². The lowest BCUT2D eigenvalue weighted by Crippen LogP contribution is -1.97. The van der Waals surface area contributed by atoms with Gasteiger partial charge in [0.25, 0.3) is 10.1 Å². The molecule has 0 spiro atoms. The van der Waals surface area contributed by atoms with E-state index in [0.29, 0.717) is 0 Å². The van der Waals surface area contributed by atoms with Crippen LogP contribution in [0.15, 0.2) is 47.5 Å². The largest absolute Gasteiger partial charge is 0.361 e. The second kappa shape index (κ2) is 3.52. The molecule has 1 aromatic carbocycles. The van der Waals surface area contributed by atoms with Gasteiger partial charge in [0, 0.05) is 11.9 Å². The predicted molar refractivity (Wildman–Crippen MR) is 56.0 cm³/mol. The molecule has 78 valence electrons. The summed E-state index contributed by atoms with van der Waals surface area (Å²) in [5.74, 6) is 0. The van der Waals surface area contributed by atoms with Gasteiger partial charge in [0.2, 0.25) is 0 Å². The van der Waals surface area contributed by atoms with Gasteiger partial charge in [-0.2, -0.15) is 8.42 Å². The molecule has 0 radical (unpaired) electrons. The highest BCUT2D eigenvalue weighted by atomic mass is 32.2. The fourth-order valence-corrected chi connectivity index (χ4v) is 1.80. The van der Waals surface area contributed by atoms with Crippen LogP contribution in [-0.4, -0.2) is 18.0 Å². The Labute approximate surface area is 87.3 Å². The van der Waals surface area contributed by atoms with Crippen molar-refractivity contribution in [2.45, 2.75) is 4.90 Å². The van der Waals surface area contributed by atoms with Crippen molar-refractivity contribution in [3.63, 3.8) is 0 Å². The normalized spacial score (nSPS) is 11.5. The highest BCUT2D eigenvalue weighted by Gasteiger charge is 2.08. The Morgan fingerprint density at radius 2 is 1.73 bits per heavy atom. The van der Waals surface area contributed by atoms with Crippen LogP contribution in [0, 0.1) is 0 Å². The summed E-state index contributed by atoms with van der Waals surface area (Å²) in [6.45, 7) is 0. The molecule has 15 heavy (non-hydrogen) atoms. The number of benzene rings is 1. The highest BCUT2D eigenvalue weighted by molar-refractivity contribution is 7.85. The molecule has 0 saturated carbocycles. The average molecular weight is 223 g/mol. The van der Waals surface area contributed by atoms with Gasteiger partial charge in [-0.1, -0.05) is 12.1 Å². The van der Waals surface area contributed by atoms with E-state index in [1.807, 2.05) is 12.1 Å². The quantitative estimate of drug-likeness (QED) is 0.764. The van der Waals surface area contributed by atoms with Crippen molar-refractivity contribution in [2.24, 2.45) is 0 Å². The molecule has 2 rings (SSSR count). The zero-order valence-electron chi connectivity index (χ0n) is 7.71. The van der Waals surface area contributed by atoms with Gasteiger partial charge in [-0.3, -0.25) is 4.55 Å². The first kappa shape index (κ1) is 9.95. The molecular formula is C10H9NO3S. The molecule has 4 nitrogen and oxygen atoms in total. The zero-order chi connectivity index (χ0) is 10.9. The van der Waals surface area contributed by atoms with Gasteiger partial charge < -0.3 is 4.98 Å². The van der Waals surface area contributed by atoms with Gasteiger partial charge in [-0.15, -0.1) is 0 Å². The highest BCUT2D eigenvalue weighted by Crippen LogP contribution is 2.19. The zero-order valence-corrected chi connectivity index (χ0v) is 8.53. The van der Waals surface area contributed by atoms with Crippen LogP contribution in [-0.2, 0) is 10.1 Å². The smallest absolute Gasteiger partial charge is 0.294 e. The number of rotatable bonds is 2. The van der Waals surface area contributed by atoms with E-state index in [1.54, 1.807) is 18.3 Å². The van der Waals surface area contributed by atoms with Gasteiger partial charge in [0.15, 0.2) is 0 Å². The molecule has 0 aliphatic heterocycles. The first-order chi connectivity index (χ1) is 7.07. The van der Waals surface area contributed by atoms with Gasteiger partial charge in [0.05, 0.1) is 4.90 Å². The number of nitrogens with one attached hydrogen (secondary N) is 1. The monoisotopic (exact) mass is 223 g/mol. The van der Waals surface area contributed by atoms with Crippen LogP contribution < -0.4 is 0 Å². The van der Waals surface area contributed by atoms with Crippen molar-refractivity contribution >= 4 is 10.1 Å². The van der Waals surface area contributed by atoms with Crippen molar-refractivity contribution < 1.29 is 13.0 Å². The first-order valence-corrected chi connectivity index (χ1v) is 5.73. The molecule has 0 amide bonds. The summed E-state index contributed by atoms with van der Waals surface area (Å²) in [7, 11) is -4.10. The van der Waals surface area contributed by atoms with Crippen LogP contribution in [0.3, 0.4) is 0 Å². The van der Waals surface area contributed by atoms with Gasteiger partial charge in [0.1, 0.15) is 0 Å². The van der Waals surface area contributed by atoms with E-state index in [4.69, 9.17) is 4.55 Å². The second-order valence-electron chi connectivity index (χ2n) is 3.08. The molecule has 2 N–H and O–H groups in total. The van der Waals surface area contributed by atoms with Crippen LogP contribution in [0.2, 0.25) is 0 Å². The van der Waals surface area contributed by atoms with E-state index in [1.165, 1.54) is 12.1 Å². The first-order valence-electron chi connectivity index (χ1n) is 4.29. The summed E-state index contributed by atoms with van der Waals surface area (Å²) in [5.41, 5.74) is 1.77. The van der Waals surface area contributed by atoms with Crippen molar-refractivity contribution in [1.29, 1.82) is 0 Å². The molecule has 1 heterocycles. The Balaban J connectivity index is 2.42. The topological polar surface area (TPSA) is 70.2 Å². The van der Waals surface area contributed by atoms with Crippen LogP contribution in [0.4, 0.5) is 0 Å². The molecule has 2 aromatic rings. The molecule has 0 unspecified atom stereocenters. The maximum absolute atomic E-state index is 10.8. The molecule has 0 fully saturated rings. The lowest BCUT2D eigenvalue weighted by atomic mass is 10.2. The summed E-state index contributed by atoms with van der Waals surface area (Å²) in [5, 5.41) is 0. The van der Waals surface area contributed by atoms with Crippen LogP contribution in [0.5, 0.6) is 0 Å². The number of hydrogen-bond donors (Lipinski definition) is 2. The predicted octanol–water partition coefficient (Wildman–Crippen LogP) is 1.93. The Morgan fingerprint density at radius 1 is 1.07 bits per heavy atom. The maximum Gasteiger partial charge on any atom is 0.294 e. The second-order valence-corrected chi connectivity index (χ2v) is 4.50. The molecule has 0 aliphatic rings.